The zero-order chi connectivity index (χ0) is 20.9. The minimum atomic E-state index is -0.103. The molecule has 0 radical (unpaired) electrons. The van der Waals surface area contributed by atoms with Crippen molar-refractivity contribution in [3.63, 3.8) is 0 Å². The molecule has 2 aliphatic heterocycles. The zero-order valence-corrected chi connectivity index (χ0v) is 17.1. The van der Waals surface area contributed by atoms with E-state index in [1.807, 2.05) is 0 Å². The number of aliphatic hydroxyl groups is 1. The number of piperidine rings is 1. The number of ether oxygens (including phenoxy) is 1. The molecule has 0 amide bonds. The quantitative estimate of drug-likeness (QED) is 0.482. The summed E-state index contributed by atoms with van der Waals surface area (Å²) < 4.78 is 5.33. The third kappa shape index (κ3) is 4.70. The molecule has 30 heavy (non-hydrogen) atoms. The van der Waals surface area contributed by atoms with Crippen LogP contribution in [0.1, 0.15) is 43.6 Å². The van der Waals surface area contributed by atoms with Gasteiger partial charge in [0.25, 0.3) is 0 Å². The van der Waals surface area contributed by atoms with Crippen LogP contribution in [0.4, 0.5) is 11.6 Å². The highest BCUT2D eigenvalue weighted by Crippen LogP contribution is 2.35. The van der Waals surface area contributed by atoms with Crippen LogP contribution in [0.3, 0.4) is 0 Å². The SMILES string of the molecule is COc1cc(Nc2cc(CO)[nH]n2)nc(CNC2CC3CCC(C2)N3CCC#N)n1. The molecule has 2 unspecified atom stereocenters. The minimum absolute atomic E-state index is 0.103. The molecular formula is C20H28N8O2. The third-order valence-electron chi connectivity index (χ3n) is 5.93. The van der Waals surface area contributed by atoms with E-state index in [0.717, 1.165) is 19.4 Å². The molecule has 2 aromatic rings. The molecular weight excluding hydrogens is 384 g/mol. The molecule has 2 aromatic heterocycles. The van der Waals surface area contributed by atoms with Gasteiger partial charge in [0.2, 0.25) is 5.88 Å². The van der Waals surface area contributed by atoms with E-state index < -0.39 is 0 Å². The molecule has 10 nitrogen and oxygen atoms in total. The van der Waals surface area contributed by atoms with Gasteiger partial charge in [-0.1, -0.05) is 0 Å². The molecule has 2 saturated heterocycles. The second-order valence-electron chi connectivity index (χ2n) is 7.85. The van der Waals surface area contributed by atoms with Gasteiger partial charge in [0.05, 0.1) is 32.0 Å². The van der Waals surface area contributed by atoms with Crippen LogP contribution >= 0.6 is 0 Å². The summed E-state index contributed by atoms with van der Waals surface area (Å²) in [6.45, 7) is 1.34. The maximum Gasteiger partial charge on any atom is 0.218 e. The summed E-state index contributed by atoms with van der Waals surface area (Å²) in [4.78, 5) is 11.6. The summed E-state index contributed by atoms with van der Waals surface area (Å²) >= 11 is 0. The number of aromatic nitrogens is 4. The number of nitrogens with zero attached hydrogens (tertiary/aromatic N) is 5. The van der Waals surface area contributed by atoms with Gasteiger partial charge >= 0.3 is 0 Å². The van der Waals surface area contributed by atoms with E-state index in [2.05, 4.69) is 41.8 Å². The Bertz CT molecular complexity index is 881. The molecule has 0 aromatic carbocycles. The molecule has 2 fully saturated rings. The van der Waals surface area contributed by atoms with Crippen molar-refractivity contribution in [1.29, 1.82) is 5.26 Å². The van der Waals surface area contributed by atoms with E-state index in [1.165, 1.54) is 12.8 Å². The molecule has 0 saturated carbocycles. The lowest BCUT2D eigenvalue weighted by atomic mass is 9.97. The molecule has 0 aliphatic carbocycles. The molecule has 2 atom stereocenters. The molecule has 0 spiro atoms. The van der Waals surface area contributed by atoms with Crippen LogP contribution in [0.15, 0.2) is 12.1 Å². The molecule has 4 heterocycles. The lowest BCUT2D eigenvalue weighted by Gasteiger charge is -2.38. The Morgan fingerprint density at radius 3 is 2.73 bits per heavy atom. The molecule has 2 bridgehead atoms. The average molecular weight is 412 g/mol. The molecule has 10 heteroatoms. The molecule has 4 N–H and O–H groups in total. The number of hydrogen-bond donors (Lipinski definition) is 4. The van der Waals surface area contributed by atoms with Crippen LogP contribution in [-0.4, -0.2) is 62.0 Å². The Kier molecular flexibility index (Phi) is 6.42. The fourth-order valence-electron chi connectivity index (χ4n) is 4.58. The van der Waals surface area contributed by atoms with Crippen LogP contribution in [0.5, 0.6) is 5.88 Å². The Hall–Kier alpha value is -2.74. The average Bonchev–Trinajstić information content (AvgIpc) is 3.31. The standard InChI is InChI=1S/C20H28N8O2/c1-30-20-10-17(23-18-9-14(12-29)26-27-18)24-19(25-20)11-22-13-7-15-3-4-16(8-13)28(15)6-2-5-21/h9-10,13,15-16,22,29H,2-4,6-8,11-12H2,1H3,(H2,23,24,25,26,27). The second kappa shape index (κ2) is 9.38. The fraction of sp³-hybridized carbons (Fsp3) is 0.600. The van der Waals surface area contributed by atoms with Crippen LogP contribution in [0.25, 0.3) is 0 Å². The number of fused-ring (bicyclic) bond motifs is 2. The van der Waals surface area contributed by atoms with Gasteiger partial charge in [0, 0.05) is 43.2 Å². The molecule has 2 aliphatic rings. The number of hydrogen-bond acceptors (Lipinski definition) is 9. The number of methoxy groups -OCH3 is 1. The Balaban J connectivity index is 1.37. The normalized spacial score (nSPS) is 23.3. The first-order valence-electron chi connectivity index (χ1n) is 10.4. The lowest BCUT2D eigenvalue weighted by Crippen LogP contribution is -2.49. The maximum atomic E-state index is 9.17. The van der Waals surface area contributed by atoms with Crippen molar-refractivity contribution in [3.8, 4) is 11.9 Å². The summed E-state index contributed by atoms with van der Waals surface area (Å²) in [6.07, 6.45) is 5.23. The number of H-pyrrole nitrogens is 1. The summed E-state index contributed by atoms with van der Waals surface area (Å²) in [5.41, 5.74) is 0.621. The highest BCUT2D eigenvalue weighted by atomic mass is 16.5. The topological polar surface area (TPSA) is 135 Å². The van der Waals surface area contributed by atoms with Gasteiger partial charge in [0.1, 0.15) is 11.6 Å². The largest absolute Gasteiger partial charge is 0.481 e. The number of aliphatic hydroxyl groups excluding tert-OH is 1. The molecule has 4 rings (SSSR count). The van der Waals surface area contributed by atoms with Gasteiger partial charge in [-0.2, -0.15) is 15.3 Å². The molecule has 160 valence electrons. The maximum absolute atomic E-state index is 9.17. The van der Waals surface area contributed by atoms with Crippen LogP contribution in [0, 0.1) is 11.3 Å². The number of nitriles is 1. The predicted molar refractivity (Wildman–Crippen MR) is 110 cm³/mol. The number of nitrogens with one attached hydrogen (secondary N) is 3. The van der Waals surface area contributed by atoms with Gasteiger partial charge in [-0.05, 0) is 25.7 Å². The Morgan fingerprint density at radius 1 is 1.27 bits per heavy atom. The zero-order valence-electron chi connectivity index (χ0n) is 17.1. The Morgan fingerprint density at radius 2 is 2.07 bits per heavy atom. The number of aromatic amines is 1. The summed E-state index contributed by atoms with van der Waals surface area (Å²) in [5.74, 6) is 2.28. The third-order valence-corrected chi connectivity index (χ3v) is 5.93. The van der Waals surface area contributed by atoms with Crippen LogP contribution in [-0.2, 0) is 13.2 Å². The van der Waals surface area contributed by atoms with Gasteiger partial charge in [-0.25, -0.2) is 4.98 Å². The van der Waals surface area contributed by atoms with Gasteiger partial charge in [0.15, 0.2) is 5.82 Å². The van der Waals surface area contributed by atoms with Crippen molar-refractivity contribution < 1.29 is 9.84 Å². The van der Waals surface area contributed by atoms with Crippen molar-refractivity contribution in [2.24, 2.45) is 0 Å². The second-order valence-corrected chi connectivity index (χ2v) is 7.85. The van der Waals surface area contributed by atoms with Crippen molar-refractivity contribution in [3.05, 3.63) is 23.7 Å². The number of anilines is 2. The first kappa shape index (κ1) is 20.5. The van der Waals surface area contributed by atoms with E-state index in [1.54, 1.807) is 19.2 Å². The van der Waals surface area contributed by atoms with Crippen molar-refractivity contribution in [2.75, 3.05) is 19.0 Å². The minimum Gasteiger partial charge on any atom is -0.481 e. The fourth-order valence-corrected chi connectivity index (χ4v) is 4.58. The summed E-state index contributed by atoms with van der Waals surface area (Å²) in [5, 5.41) is 31.6. The van der Waals surface area contributed by atoms with Crippen molar-refractivity contribution in [1.82, 2.24) is 30.4 Å². The lowest BCUT2D eigenvalue weighted by molar-refractivity contribution is 0.119. The van der Waals surface area contributed by atoms with Gasteiger partial charge in [-0.15, -0.1) is 0 Å². The predicted octanol–water partition coefficient (Wildman–Crippen LogP) is 1.44. The van der Waals surface area contributed by atoms with E-state index in [0.29, 0.717) is 60.1 Å². The van der Waals surface area contributed by atoms with E-state index in [9.17, 15) is 0 Å². The monoisotopic (exact) mass is 412 g/mol. The summed E-state index contributed by atoms with van der Waals surface area (Å²) in [6, 6.07) is 7.26. The highest BCUT2D eigenvalue weighted by Gasteiger charge is 2.40. The first-order chi connectivity index (χ1) is 14.7. The summed E-state index contributed by atoms with van der Waals surface area (Å²) in [7, 11) is 1.58. The van der Waals surface area contributed by atoms with E-state index >= 15 is 0 Å². The van der Waals surface area contributed by atoms with Gasteiger partial charge < -0.3 is 20.5 Å². The van der Waals surface area contributed by atoms with E-state index in [4.69, 9.17) is 15.1 Å². The van der Waals surface area contributed by atoms with Crippen molar-refractivity contribution in [2.45, 2.75) is 63.4 Å². The Labute approximate surface area is 175 Å². The van der Waals surface area contributed by atoms with Gasteiger partial charge in [-0.3, -0.25) is 10.00 Å². The first-order valence-corrected chi connectivity index (χ1v) is 10.4. The number of rotatable bonds is 9. The highest BCUT2D eigenvalue weighted by molar-refractivity contribution is 5.52. The smallest absolute Gasteiger partial charge is 0.218 e. The van der Waals surface area contributed by atoms with Crippen molar-refractivity contribution >= 4 is 11.6 Å². The van der Waals surface area contributed by atoms with Crippen LogP contribution in [0.2, 0.25) is 0 Å². The van der Waals surface area contributed by atoms with E-state index in [-0.39, 0.29) is 6.61 Å². The van der Waals surface area contributed by atoms with Crippen LogP contribution < -0.4 is 15.4 Å².